The van der Waals surface area contributed by atoms with E-state index < -0.39 is 133 Å². The molecule has 14 atom stereocenters. The van der Waals surface area contributed by atoms with Crippen molar-refractivity contribution in [2.75, 3.05) is 27.9 Å². The number of phenolic OH excluding ortho intramolecular Hbond substituents is 1. The van der Waals surface area contributed by atoms with Crippen molar-refractivity contribution in [1.82, 2.24) is 36.4 Å². The summed E-state index contributed by atoms with van der Waals surface area (Å²) in [6.45, 7) is 7.80. The van der Waals surface area contributed by atoms with Gasteiger partial charge in [0, 0.05) is 27.7 Å². The van der Waals surface area contributed by atoms with Gasteiger partial charge in [0.15, 0.2) is 6.10 Å². The number of aryl methyl sites for hydroxylation is 1. The van der Waals surface area contributed by atoms with Gasteiger partial charge in [-0.25, -0.2) is 4.79 Å². The summed E-state index contributed by atoms with van der Waals surface area (Å²) in [5.74, 6) is -7.88. The number of ether oxygens (including phenoxy) is 3. The van der Waals surface area contributed by atoms with E-state index in [1.807, 2.05) is 13.8 Å². The lowest BCUT2D eigenvalue weighted by molar-refractivity contribution is -0.171. The van der Waals surface area contributed by atoms with Crippen molar-refractivity contribution in [2.24, 2.45) is 17.8 Å². The number of cyclic esters (lactones) is 1. The summed E-state index contributed by atoms with van der Waals surface area (Å²) in [6, 6.07) is 5.52. The lowest BCUT2D eigenvalue weighted by atomic mass is 9.88. The van der Waals surface area contributed by atoms with Gasteiger partial charge in [0.2, 0.25) is 35.4 Å². The van der Waals surface area contributed by atoms with Crippen LogP contribution in [0.3, 0.4) is 0 Å². The summed E-state index contributed by atoms with van der Waals surface area (Å²) < 4.78 is 17.0. The first-order valence-electron chi connectivity index (χ1n) is 26.4. The molecule has 2 aliphatic heterocycles. The average molecular weight is 1060 g/mol. The number of aliphatic hydroxyl groups is 2. The van der Waals surface area contributed by atoms with Crippen LogP contribution >= 0.6 is 0 Å². The van der Waals surface area contributed by atoms with Gasteiger partial charge in [-0.05, 0) is 92.9 Å². The van der Waals surface area contributed by atoms with Gasteiger partial charge < -0.3 is 65.9 Å². The number of hydrogen-bond acceptors (Lipinski definition) is 14. The molecule has 76 heavy (non-hydrogen) atoms. The second-order valence-electron chi connectivity index (χ2n) is 20.3. The summed E-state index contributed by atoms with van der Waals surface area (Å²) in [7, 11) is 4.08. The maximum atomic E-state index is 15.2. The van der Waals surface area contributed by atoms with Crippen molar-refractivity contribution in [2.45, 2.75) is 166 Å². The molecule has 1 aliphatic carbocycles. The normalized spacial score (nSPS) is 27.8. The highest BCUT2D eigenvalue weighted by Crippen LogP contribution is 2.30. The Morgan fingerprint density at radius 1 is 0.816 bits per heavy atom. The molecule has 3 aliphatic rings. The molecule has 21 heteroatoms. The number of allylic oxidation sites excluding steroid dienone is 1. The van der Waals surface area contributed by atoms with Crippen molar-refractivity contribution in [1.29, 1.82) is 0 Å². The third-order valence-electron chi connectivity index (χ3n) is 15.0. The molecule has 7 amide bonds. The Morgan fingerprint density at radius 3 is 2.11 bits per heavy atom. The first kappa shape index (κ1) is 60.4. The summed E-state index contributed by atoms with van der Waals surface area (Å²) in [5.41, 5.74) is 1.36. The van der Waals surface area contributed by atoms with E-state index in [0.29, 0.717) is 36.8 Å². The van der Waals surface area contributed by atoms with Crippen LogP contribution in [-0.4, -0.2) is 167 Å². The number of nitrogens with one attached hydrogen (secondary N) is 5. The average Bonchev–Trinajstić information content (AvgIpc) is 3.41. The highest BCUT2D eigenvalue weighted by Gasteiger charge is 2.48. The van der Waals surface area contributed by atoms with Crippen LogP contribution in [0.5, 0.6) is 5.75 Å². The van der Waals surface area contributed by atoms with E-state index in [1.54, 1.807) is 68.5 Å². The van der Waals surface area contributed by atoms with Crippen molar-refractivity contribution < 1.29 is 67.9 Å². The molecule has 5 rings (SSSR count). The number of methoxy groups -OCH3 is 2. The molecule has 2 fully saturated rings. The summed E-state index contributed by atoms with van der Waals surface area (Å²) >= 11 is 0. The first-order valence-corrected chi connectivity index (χ1v) is 26.4. The fourth-order valence-corrected chi connectivity index (χ4v) is 9.83. The van der Waals surface area contributed by atoms with Crippen LogP contribution in [0.25, 0.3) is 0 Å². The second kappa shape index (κ2) is 28.6. The molecule has 418 valence electrons. The number of hydrogen-bond donors (Lipinski definition) is 8. The largest absolute Gasteiger partial charge is 0.508 e. The van der Waals surface area contributed by atoms with Gasteiger partial charge in [0.1, 0.15) is 60.4 Å². The van der Waals surface area contributed by atoms with Crippen LogP contribution in [0.15, 0.2) is 66.7 Å². The Labute approximate surface area is 445 Å². The standard InChI is InChI=1S/C55H79N7O14/c1-9-31(3)45-55(73)76-33(5)46(60-48(66)39(56-51(69)43(30-63)74-7)25-20-34-16-21-37(64)22-17-34)52(70)58-41(28-36-18-23-38(65)24-19-36)49(67)57-40-26-27-44(75-8)62(53(40)71)47(32(4)10-2)54(72)61(6)42(50(68)59-45)29-35-14-12-11-13-15-35/h11-18,21-23,31-33,36,38-47,63-65H,9-10,19-20,24-30H2,1-8H3,(H,56,69)(H,57,67)(H,58,70)(H,59,68)(H,60,66)/t31?,32?,33-,36?,38+,39-,40+,41?,42+,43-,44-,45+,46?,47?/m1/s1. The van der Waals surface area contributed by atoms with Gasteiger partial charge in [0.25, 0.3) is 5.91 Å². The summed E-state index contributed by atoms with van der Waals surface area (Å²) in [4.78, 5) is 120. The Kier molecular flexibility index (Phi) is 22.8. The fourth-order valence-electron chi connectivity index (χ4n) is 9.83. The minimum absolute atomic E-state index is 0.000158. The van der Waals surface area contributed by atoms with E-state index in [4.69, 9.17) is 14.2 Å². The molecule has 21 nitrogen and oxygen atoms in total. The number of nitrogens with zero attached hydrogens (tertiary/aromatic N) is 2. The highest BCUT2D eigenvalue weighted by atomic mass is 16.5. The second-order valence-corrected chi connectivity index (χ2v) is 20.3. The molecule has 2 saturated heterocycles. The molecule has 0 saturated carbocycles. The van der Waals surface area contributed by atoms with E-state index in [9.17, 15) is 44.1 Å². The topological polar surface area (TPSA) is 292 Å². The number of amides is 7. The highest BCUT2D eigenvalue weighted by molar-refractivity contribution is 5.98. The number of benzene rings is 2. The Morgan fingerprint density at radius 2 is 1.50 bits per heavy atom. The van der Waals surface area contributed by atoms with Crippen LogP contribution in [0.4, 0.5) is 0 Å². The van der Waals surface area contributed by atoms with Crippen LogP contribution < -0.4 is 26.6 Å². The number of phenols is 1. The minimum Gasteiger partial charge on any atom is -0.508 e. The molecule has 2 heterocycles. The molecule has 0 aromatic heterocycles. The summed E-state index contributed by atoms with van der Waals surface area (Å²) in [6.07, 6.45) is 0.703. The minimum atomic E-state index is -1.78. The number of piperidine rings is 1. The van der Waals surface area contributed by atoms with Crippen LogP contribution in [0.2, 0.25) is 0 Å². The van der Waals surface area contributed by atoms with Crippen LogP contribution in [0, 0.1) is 17.8 Å². The van der Waals surface area contributed by atoms with Gasteiger partial charge in [0.05, 0.1) is 12.7 Å². The molecular weight excluding hydrogens is 983 g/mol. The maximum absolute atomic E-state index is 15.2. The summed E-state index contributed by atoms with van der Waals surface area (Å²) in [5, 5.41) is 43.8. The van der Waals surface area contributed by atoms with E-state index in [2.05, 4.69) is 26.6 Å². The zero-order valence-corrected chi connectivity index (χ0v) is 44.9. The predicted molar refractivity (Wildman–Crippen MR) is 278 cm³/mol. The number of likely N-dealkylation sites (N-methyl/N-ethyl adjacent to an activating group) is 1. The van der Waals surface area contributed by atoms with Gasteiger partial charge in [-0.15, -0.1) is 0 Å². The third-order valence-corrected chi connectivity index (χ3v) is 15.0. The number of aromatic hydroxyl groups is 1. The van der Waals surface area contributed by atoms with E-state index >= 15 is 9.59 Å². The lowest BCUT2D eigenvalue weighted by Gasteiger charge is -2.46. The van der Waals surface area contributed by atoms with E-state index in [0.717, 1.165) is 0 Å². The molecule has 6 unspecified atom stereocenters. The smallest absolute Gasteiger partial charge is 0.329 e. The molecule has 2 aromatic rings. The molecular formula is C55H79N7O14. The van der Waals surface area contributed by atoms with E-state index in [-0.39, 0.29) is 50.2 Å². The Bertz CT molecular complexity index is 2330. The number of rotatable bonds is 18. The van der Waals surface area contributed by atoms with Crippen LogP contribution in [0.1, 0.15) is 97.1 Å². The zero-order chi connectivity index (χ0) is 55.8. The quantitative estimate of drug-likeness (QED) is 0.0777. The van der Waals surface area contributed by atoms with Gasteiger partial charge in [-0.2, -0.15) is 0 Å². The van der Waals surface area contributed by atoms with Crippen molar-refractivity contribution >= 4 is 47.3 Å². The monoisotopic (exact) mass is 1060 g/mol. The SMILES string of the molecule is CCC(C)C1C(=O)N(C)[C@@H](Cc2ccccc2)C(=O)N[C@@H](C(C)CC)C(=O)O[C@H](C)C(NC(=O)[C@@H](CCc2ccc(O)cc2)NC(=O)[C@@H](CO)OC)C(=O)NC(CC2C=C[C@H](O)CC2)C(=O)N[C@H]2CC[C@@H](OC)N1C2=O. The molecule has 2 bridgehead atoms. The molecule has 0 spiro atoms. The predicted octanol–water partition coefficient (Wildman–Crippen LogP) is 1.54. The molecule has 2 aromatic carbocycles. The van der Waals surface area contributed by atoms with Crippen molar-refractivity contribution in [3.05, 3.63) is 77.9 Å². The van der Waals surface area contributed by atoms with Gasteiger partial charge in [-0.3, -0.25) is 33.6 Å². The number of carbonyl (C=O) groups excluding carboxylic acids is 8. The number of fused-ring (bicyclic) bond motifs is 2. The van der Waals surface area contributed by atoms with Gasteiger partial charge in [-0.1, -0.05) is 95.2 Å². The number of aliphatic hydroxyl groups excluding tert-OH is 2. The molecule has 0 radical (unpaired) electrons. The zero-order valence-electron chi connectivity index (χ0n) is 44.9. The van der Waals surface area contributed by atoms with Gasteiger partial charge >= 0.3 is 5.97 Å². The van der Waals surface area contributed by atoms with E-state index in [1.165, 1.54) is 50.1 Å². The lowest BCUT2D eigenvalue weighted by Crippen LogP contribution is -2.66. The van der Waals surface area contributed by atoms with Crippen molar-refractivity contribution in [3.63, 3.8) is 0 Å². The Balaban J connectivity index is 1.64. The molecule has 8 N–H and O–H groups in total. The first-order chi connectivity index (χ1) is 36.2. The maximum Gasteiger partial charge on any atom is 0.329 e. The fraction of sp³-hybridized carbons (Fsp3) is 0.600. The third kappa shape index (κ3) is 15.8. The van der Waals surface area contributed by atoms with Crippen molar-refractivity contribution in [3.8, 4) is 5.75 Å². The Hall–Kier alpha value is -6.42. The van der Waals surface area contributed by atoms with Crippen LogP contribution in [-0.2, 0) is 65.4 Å². The number of esters is 1. The number of carbonyl (C=O) groups is 8.